The molecule has 0 aliphatic heterocycles. The molecule has 5 heteroatoms. The van der Waals surface area contributed by atoms with Gasteiger partial charge in [0, 0.05) is 19.3 Å². The first-order valence-corrected chi connectivity index (χ1v) is 4.62. The summed E-state index contributed by atoms with van der Waals surface area (Å²) in [4.78, 5) is 10.8. The van der Waals surface area contributed by atoms with Gasteiger partial charge in [-0.3, -0.25) is 0 Å². The Labute approximate surface area is 88.3 Å². The van der Waals surface area contributed by atoms with Crippen LogP contribution in [0.5, 0.6) is 0 Å². The highest BCUT2D eigenvalue weighted by Gasteiger charge is 2.07. The van der Waals surface area contributed by atoms with Crippen molar-refractivity contribution in [3.05, 3.63) is 29.8 Å². The van der Waals surface area contributed by atoms with Crippen molar-refractivity contribution in [2.75, 3.05) is 19.3 Å². The molecule has 0 bridgehead atoms. The van der Waals surface area contributed by atoms with Crippen LogP contribution in [0, 0.1) is 0 Å². The minimum atomic E-state index is -0.720. The number of carbonyl (C=O) groups excluding carboxylic acids is 1. The fourth-order valence-corrected chi connectivity index (χ4v) is 1.11. The molecule has 0 radical (unpaired) electrons. The van der Waals surface area contributed by atoms with Crippen LogP contribution in [-0.4, -0.2) is 24.7 Å². The van der Waals surface area contributed by atoms with Crippen molar-refractivity contribution in [1.82, 2.24) is 10.6 Å². The molecule has 5 N–H and O–H groups in total. The van der Waals surface area contributed by atoms with E-state index in [1.165, 1.54) is 7.05 Å². The standard InChI is InChI=1S/C10H15N3O2/c1-12-10(15)13-6-9(14)7-2-4-8(11)5-3-7/h2-5,9,14H,6,11H2,1H3,(H2,12,13,15). The summed E-state index contributed by atoms with van der Waals surface area (Å²) in [5.41, 5.74) is 6.88. The van der Waals surface area contributed by atoms with Crippen LogP contribution in [0.3, 0.4) is 0 Å². The lowest BCUT2D eigenvalue weighted by atomic mass is 10.1. The maximum absolute atomic E-state index is 10.8. The van der Waals surface area contributed by atoms with E-state index in [1.54, 1.807) is 24.3 Å². The van der Waals surface area contributed by atoms with E-state index in [0.717, 1.165) is 5.56 Å². The molecule has 0 aliphatic rings. The summed E-state index contributed by atoms with van der Waals surface area (Å²) in [7, 11) is 1.52. The molecule has 0 aromatic heterocycles. The number of hydrogen-bond acceptors (Lipinski definition) is 3. The van der Waals surface area contributed by atoms with Crippen LogP contribution >= 0.6 is 0 Å². The number of hydrogen-bond donors (Lipinski definition) is 4. The van der Waals surface area contributed by atoms with Gasteiger partial charge in [0.05, 0.1) is 6.10 Å². The normalized spacial score (nSPS) is 11.9. The van der Waals surface area contributed by atoms with Crippen molar-refractivity contribution in [1.29, 1.82) is 0 Å². The number of aliphatic hydroxyl groups is 1. The molecule has 1 aromatic carbocycles. The highest BCUT2D eigenvalue weighted by molar-refractivity contribution is 5.73. The van der Waals surface area contributed by atoms with Gasteiger partial charge in [-0.2, -0.15) is 0 Å². The number of nitrogen functional groups attached to an aromatic ring is 1. The Hall–Kier alpha value is -1.75. The van der Waals surface area contributed by atoms with Crippen LogP contribution in [-0.2, 0) is 0 Å². The number of urea groups is 1. The molecule has 1 aromatic rings. The molecule has 0 spiro atoms. The number of aliphatic hydroxyl groups excluding tert-OH is 1. The third kappa shape index (κ3) is 3.47. The highest BCUT2D eigenvalue weighted by Crippen LogP contribution is 2.13. The second-order valence-electron chi connectivity index (χ2n) is 3.14. The van der Waals surface area contributed by atoms with E-state index < -0.39 is 6.10 Å². The summed E-state index contributed by atoms with van der Waals surface area (Å²) in [5.74, 6) is 0. The molecule has 1 unspecified atom stereocenters. The Morgan fingerprint density at radius 3 is 2.60 bits per heavy atom. The molecule has 0 saturated carbocycles. The first kappa shape index (κ1) is 11.3. The summed E-state index contributed by atoms with van der Waals surface area (Å²) >= 11 is 0. The molecule has 0 fully saturated rings. The van der Waals surface area contributed by atoms with Gasteiger partial charge in [0.25, 0.3) is 0 Å². The van der Waals surface area contributed by atoms with Crippen LogP contribution in [0.25, 0.3) is 0 Å². The van der Waals surface area contributed by atoms with Gasteiger partial charge in [-0.15, -0.1) is 0 Å². The molecular weight excluding hydrogens is 194 g/mol. The van der Waals surface area contributed by atoms with Gasteiger partial charge in [-0.05, 0) is 17.7 Å². The first-order chi connectivity index (χ1) is 7.13. The lowest BCUT2D eigenvalue weighted by Gasteiger charge is -2.12. The molecule has 5 nitrogen and oxygen atoms in total. The van der Waals surface area contributed by atoms with Crippen molar-refractivity contribution in [3.8, 4) is 0 Å². The van der Waals surface area contributed by atoms with Crippen molar-refractivity contribution in [2.45, 2.75) is 6.10 Å². The van der Waals surface area contributed by atoms with Crippen LogP contribution in [0.4, 0.5) is 10.5 Å². The van der Waals surface area contributed by atoms with Crippen LogP contribution < -0.4 is 16.4 Å². The second kappa shape index (κ2) is 5.21. The van der Waals surface area contributed by atoms with E-state index >= 15 is 0 Å². The zero-order chi connectivity index (χ0) is 11.3. The van der Waals surface area contributed by atoms with Gasteiger partial charge >= 0.3 is 6.03 Å². The van der Waals surface area contributed by atoms with Gasteiger partial charge in [0.2, 0.25) is 0 Å². The van der Waals surface area contributed by atoms with Gasteiger partial charge < -0.3 is 21.5 Å². The van der Waals surface area contributed by atoms with E-state index in [-0.39, 0.29) is 12.6 Å². The number of carbonyl (C=O) groups is 1. The van der Waals surface area contributed by atoms with Crippen molar-refractivity contribution < 1.29 is 9.90 Å². The number of nitrogens with one attached hydrogen (secondary N) is 2. The average molecular weight is 209 g/mol. The maximum Gasteiger partial charge on any atom is 0.314 e. The molecule has 2 amide bonds. The van der Waals surface area contributed by atoms with Gasteiger partial charge in [-0.25, -0.2) is 4.79 Å². The lowest BCUT2D eigenvalue weighted by Crippen LogP contribution is -2.35. The third-order valence-electron chi connectivity index (χ3n) is 2.00. The number of benzene rings is 1. The zero-order valence-corrected chi connectivity index (χ0v) is 8.53. The van der Waals surface area contributed by atoms with Crippen molar-refractivity contribution in [3.63, 3.8) is 0 Å². The second-order valence-corrected chi connectivity index (χ2v) is 3.14. The van der Waals surface area contributed by atoms with Gasteiger partial charge in [0.15, 0.2) is 0 Å². The Kier molecular flexibility index (Phi) is 3.93. The molecule has 0 saturated heterocycles. The molecule has 1 atom stereocenters. The minimum absolute atomic E-state index is 0.170. The van der Waals surface area contributed by atoms with Crippen LogP contribution in [0.2, 0.25) is 0 Å². The molecular formula is C10H15N3O2. The third-order valence-corrected chi connectivity index (χ3v) is 2.00. The predicted octanol–water partition coefficient (Wildman–Crippen LogP) is 0.231. The molecule has 0 heterocycles. The SMILES string of the molecule is CNC(=O)NCC(O)c1ccc(N)cc1. The summed E-state index contributed by atoms with van der Waals surface area (Å²) in [6.45, 7) is 0.170. The van der Waals surface area contributed by atoms with Gasteiger partial charge in [0.1, 0.15) is 0 Å². The summed E-state index contributed by atoms with van der Waals surface area (Å²) in [6.07, 6.45) is -0.720. The van der Waals surface area contributed by atoms with E-state index in [2.05, 4.69) is 10.6 Å². The van der Waals surface area contributed by atoms with Crippen LogP contribution in [0.15, 0.2) is 24.3 Å². The number of anilines is 1. The highest BCUT2D eigenvalue weighted by atomic mass is 16.3. The molecule has 82 valence electrons. The smallest absolute Gasteiger partial charge is 0.314 e. The van der Waals surface area contributed by atoms with Crippen LogP contribution in [0.1, 0.15) is 11.7 Å². The Bertz CT molecular complexity index is 324. The van der Waals surface area contributed by atoms with E-state index in [4.69, 9.17) is 5.73 Å². The summed E-state index contributed by atoms with van der Waals surface area (Å²) < 4.78 is 0. The fourth-order valence-electron chi connectivity index (χ4n) is 1.11. The zero-order valence-electron chi connectivity index (χ0n) is 8.53. The van der Waals surface area contributed by atoms with Gasteiger partial charge in [-0.1, -0.05) is 12.1 Å². The topological polar surface area (TPSA) is 87.4 Å². The largest absolute Gasteiger partial charge is 0.399 e. The quantitative estimate of drug-likeness (QED) is 0.537. The first-order valence-electron chi connectivity index (χ1n) is 4.62. The minimum Gasteiger partial charge on any atom is -0.399 e. The number of rotatable bonds is 3. The Morgan fingerprint density at radius 2 is 2.07 bits per heavy atom. The summed E-state index contributed by atoms with van der Waals surface area (Å²) in [5, 5.41) is 14.6. The number of nitrogens with two attached hydrogens (primary N) is 1. The monoisotopic (exact) mass is 209 g/mol. The molecule has 1 rings (SSSR count). The molecule has 0 aliphatic carbocycles. The van der Waals surface area contributed by atoms with Crippen molar-refractivity contribution >= 4 is 11.7 Å². The van der Waals surface area contributed by atoms with E-state index in [0.29, 0.717) is 5.69 Å². The van der Waals surface area contributed by atoms with Crippen molar-refractivity contribution in [2.24, 2.45) is 0 Å². The Balaban J connectivity index is 2.50. The maximum atomic E-state index is 10.8. The molecule has 15 heavy (non-hydrogen) atoms. The van der Waals surface area contributed by atoms with E-state index in [1.807, 2.05) is 0 Å². The lowest BCUT2D eigenvalue weighted by molar-refractivity contribution is 0.173. The number of amides is 2. The Morgan fingerprint density at radius 1 is 1.47 bits per heavy atom. The fraction of sp³-hybridized carbons (Fsp3) is 0.300. The average Bonchev–Trinajstić information content (AvgIpc) is 2.26. The summed E-state index contributed by atoms with van der Waals surface area (Å²) in [6, 6.07) is 6.55. The predicted molar refractivity (Wildman–Crippen MR) is 58.3 cm³/mol. The van der Waals surface area contributed by atoms with E-state index in [9.17, 15) is 9.90 Å².